The van der Waals surface area contributed by atoms with Crippen LogP contribution in [0.3, 0.4) is 0 Å². The zero-order valence-electron chi connectivity index (χ0n) is 11.5. The normalized spacial score (nSPS) is 10.1. The van der Waals surface area contributed by atoms with E-state index in [9.17, 15) is 9.90 Å². The van der Waals surface area contributed by atoms with Crippen molar-refractivity contribution in [2.75, 3.05) is 12.4 Å². The summed E-state index contributed by atoms with van der Waals surface area (Å²) < 4.78 is 5.22. The molecule has 20 heavy (non-hydrogen) atoms. The molecule has 0 heterocycles. The Kier molecular flexibility index (Phi) is 4.25. The Labute approximate surface area is 118 Å². The summed E-state index contributed by atoms with van der Waals surface area (Å²) in [5.41, 5.74) is 2.35. The first-order chi connectivity index (χ1) is 9.60. The molecule has 4 heteroatoms. The van der Waals surface area contributed by atoms with Crippen molar-refractivity contribution in [1.29, 1.82) is 0 Å². The number of hydrogen-bond acceptors (Lipinski definition) is 3. The highest BCUT2D eigenvalue weighted by atomic mass is 16.5. The highest BCUT2D eigenvalue weighted by Crippen LogP contribution is 2.22. The Balaban J connectivity index is 2.09. The Morgan fingerprint density at radius 1 is 1.25 bits per heavy atom. The Morgan fingerprint density at radius 2 is 2.00 bits per heavy atom. The minimum absolute atomic E-state index is 0.122. The van der Waals surface area contributed by atoms with Gasteiger partial charge in [0.2, 0.25) is 5.91 Å². The van der Waals surface area contributed by atoms with Crippen molar-refractivity contribution in [2.45, 2.75) is 13.3 Å². The van der Waals surface area contributed by atoms with Gasteiger partial charge in [-0.25, -0.2) is 0 Å². The molecular formula is C16H17NO3. The second-order valence-corrected chi connectivity index (χ2v) is 4.54. The van der Waals surface area contributed by atoms with E-state index in [1.54, 1.807) is 25.3 Å². The largest absolute Gasteiger partial charge is 0.508 e. The maximum atomic E-state index is 12.1. The van der Waals surface area contributed by atoms with Gasteiger partial charge in [-0.1, -0.05) is 18.2 Å². The maximum Gasteiger partial charge on any atom is 0.228 e. The molecule has 0 aliphatic rings. The molecule has 0 saturated heterocycles. The van der Waals surface area contributed by atoms with Crippen molar-refractivity contribution < 1.29 is 14.6 Å². The van der Waals surface area contributed by atoms with E-state index >= 15 is 0 Å². The van der Waals surface area contributed by atoms with Crippen LogP contribution in [0.4, 0.5) is 5.69 Å². The zero-order chi connectivity index (χ0) is 14.5. The first-order valence-electron chi connectivity index (χ1n) is 6.31. The average molecular weight is 271 g/mol. The number of para-hydroxylation sites is 1. The molecule has 0 aromatic heterocycles. The lowest BCUT2D eigenvalue weighted by atomic mass is 10.1. The van der Waals surface area contributed by atoms with Gasteiger partial charge < -0.3 is 15.2 Å². The minimum atomic E-state index is -0.122. The third-order valence-electron chi connectivity index (χ3n) is 3.03. The van der Waals surface area contributed by atoms with E-state index in [2.05, 4.69) is 5.32 Å². The average Bonchev–Trinajstić information content (AvgIpc) is 2.42. The van der Waals surface area contributed by atoms with Gasteiger partial charge >= 0.3 is 0 Å². The van der Waals surface area contributed by atoms with Crippen LogP contribution in [-0.4, -0.2) is 18.1 Å². The standard InChI is InChI=1S/C16H17NO3/c1-11-9-13(18)7-8-14(11)17-16(19)10-12-5-3-4-6-15(12)20-2/h3-9,18H,10H2,1-2H3,(H,17,19). The number of anilines is 1. The number of hydrogen-bond donors (Lipinski definition) is 2. The van der Waals surface area contributed by atoms with Gasteiger partial charge in [0.25, 0.3) is 0 Å². The molecule has 2 rings (SSSR count). The quantitative estimate of drug-likeness (QED) is 0.841. The van der Waals surface area contributed by atoms with Crippen LogP contribution in [0.2, 0.25) is 0 Å². The summed E-state index contributed by atoms with van der Waals surface area (Å²) in [6.45, 7) is 1.83. The first-order valence-corrected chi connectivity index (χ1v) is 6.31. The molecule has 0 fully saturated rings. The highest BCUT2D eigenvalue weighted by Gasteiger charge is 2.09. The Bertz CT molecular complexity index is 623. The van der Waals surface area contributed by atoms with Crippen LogP contribution in [0.1, 0.15) is 11.1 Å². The number of aromatic hydroxyl groups is 1. The Hall–Kier alpha value is -2.49. The summed E-state index contributed by atoms with van der Waals surface area (Å²) in [5, 5.41) is 12.2. The third-order valence-corrected chi connectivity index (χ3v) is 3.03. The van der Waals surface area contributed by atoms with Crippen LogP contribution in [0, 0.1) is 6.92 Å². The summed E-state index contributed by atoms with van der Waals surface area (Å²) in [6.07, 6.45) is 0.240. The van der Waals surface area contributed by atoms with Gasteiger partial charge in [0.05, 0.1) is 13.5 Å². The summed E-state index contributed by atoms with van der Waals surface area (Å²) >= 11 is 0. The number of methoxy groups -OCH3 is 1. The molecule has 1 amide bonds. The van der Waals surface area contributed by atoms with Gasteiger partial charge in [0.15, 0.2) is 0 Å². The van der Waals surface area contributed by atoms with Gasteiger partial charge in [-0.2, -0.15) is 0 Å². The van der Waals surface area contributed by atoms with E-state index < -0.39 is 0 Å². The molecule has 0 aliphatic heterocycles. The van der Waals surface area contributed by atoms with Gasteiger partial charge in [-0.15, -0.1) is 0 Å². The molecule has 2 aromatic carbocycles. The van der Waals surface area contributed by atoms with Crippen molar-refractivity contribution in [2.24, 2.45) is 0 Å². The van der Waals surface area contributed by atoms with E-state index in [1.807, 2.05) is 31.2 Å². The van der Waals surface area contributed by atoms with Crippen LogP contribution >= 0.6 is 0 Å². The molecule has 4 nitrogen and oxygen atoms in total. The lowest BCUT2D eigenvalue weighted by Gasteiger charge is -2.10. The number of phenolic OH excluding ortho intramolecular Hbond substituents is 1. The fraction of sp³-hybridized carbons (Fsp3) is 0.188. The third kappa shape index (κ3) is 3.29. The molecule has 0 aliphatic carbocycles. The van der Waals surface area contributed by atoms with Crippen molar-refractivity contribution in [3.63, 3.8) is 0 Å². The zero-order valence-corrected chi connectivity index (χ0v) is 11.5. The van der Waals surface area contributed by atoms with Gasteiger partial charge in [-0.3, -0.25) is 4.79 Å². The number of benzene rings is 2. The molecule has 0 saturated carbocycles. The molecular weight excluding hydrogens is 254 g/mol. The molecule has 0 unspecified atom stereocenters. The van der Waals surface area contributed by atoms with Gasteiger partial charge in [-0.05, 0) is 36.8 Å². The fourth-order valence-corrected chi connectivity index (χ4v) is 2.00. The summed E-state index contributed by atoms with van der Waals surface area (Å²) in [4.78, 5) is 12.1. The van der Waals surface area contributed by atoms with E-state index in [0.29, 0.717) is 11.4 Å². The van der Waals surface area contributed by atoms with E-state index in [1.165, 1.54) is 0 Å². The van der Waals surface area contributed by atoms with Crippen molar-refractivity contribution in [1.82, 2.24) is 0 Å². The van der Waals surface area contributed by atoms with E-state index in [-0.39, 0.29) is 18.1 Å². The molecule has 2 N–H and O–H groups in total. The number of ether oxygens (including phenoxy) is 1. The van der Waals surface area contributed by atoms with E-state index in [4.69, 9.17) is 4.74 Å². The maximum absolute atomic E-state index is 12.1. The van der Waals surface area contributed by atoms with Gasteiger partial charge in [0.1, 0.15) is 11.5 Å². The highest BCUT2D eigenvalue weighted by molar-refractivity contribution is 5.93. The predicted octanol–water partition coefficient (Wildman–Crippen LogP) is 2.89. The number of amides is 1. The monoisotopic (exact) mass is 271 g/mol. The second-order valence-electron chi connectivity index (χ2n) is 4.54. The number of nitrogens with one attached hydrogen (secondary N) is 1. The van der Waals surface area contributed by atoms with Crippen LogP contribution < -0.4 is 10.1 Å². The van der Waals surface area contributed by atoms with Crippen LogP contribution in [0.5, 0.6) is 11.5 Å². The molecule has 0 spiro atoms. The number of aryl methyl sites for hydroxylation is 1. The molecule has 0 bridgehead atoms. The number of carbonyl (C=O) groups excluding carboxylic acids is 1. The predicted molar refractivity (Wildman–Crippen MR) is 78.2 cm³/mol. The van der Waals surface area contributed by atoms with Crippen LogP contribution in [-0.2, 0) is 11.2 Å². The van der Waals surface area contributed by atoms with E-state index in [0.717, 1.165) is 11.1 Å². The van der Waals surface area contributed by atoms with Gasteiger partial charge in [0, 0.05) is 11.3 Å². The summed E-state index contributed by atoms with van der Waals surface area (Å²) in [5.74, 6) is 0.763. The Morgan fingerprint density at radius 3 is 2.70 bits per heavy atom. The topological polar surface area (TPSA) is 58.6 Å². The number of phenols is 1. The molecule has 0 radical (unpaired) electrons. The number of rotatable bonds is 4. The smallest absolute Gasteiger partial charge is 0.228 e. The number of carbonyl (C=O) groups is 1. The van der Waals surface area contributed by atoms with Crippen LogP contribution in [0.15, 0.2) is 42.5 Å². The SMILES string of the molecule is COc1ccccc1CC(=O)Nc1ccc(O)cc1C. The molecule has 0 atom stereocenters. The lowest BCUT2D eigenvalue weighted by Crippen LogP contribution is -2.15. The fourth-order valence-electron chi connectivity index (χ4n) is 2.00. The second kappa shape index (κ2) is 6.10. The molecule has 2 aromatic rings. The van der Waals surface area contributed by atoms with Crippen molar-refractivity contribution in [3.05, 3.63) is 53.6 Å². The lowest BCUT2D eigenvalue weighted by molar-refractivity contribution is -0.115. The van der Waals surface area contributed by atoms with Crippen LogP contribution in [0.25, 0.3) is 0 Å². The minimum Gasteiger partial charge on any atom is -0.508 e. The van der Waals surface area contributed by atoms with Crippen molar-refractivity contribution >= 4 is 11.6 Å². The summed E-state index contributed by atoms with van der Waals surface area (Å²) in [6, 6.07) is 12.3. The van der Waals surface area contributed by atoms with Crippen molar-refractivity contribution in [3.8, 4) is 11.5 Å². The first kappa shape index (κ1) is 13.9. The summed E-state index contributed by atoms with van der Waals surface area (Å²) in [7, 11) is 1.58. The molecule has 104 valence electrons.